The molecule has 2 aliphatic rings. The summed E-state index contributed by atoms with van der Waals surface area (Å²) >= 11 is 0. The van der Waals surface area contributed by atoms with Crippen molar-refractivity contribution in [2.45, 2.75) is 38.1 Å². The number of para-hydroxylation sites is 1. The van der Waals surface area contributed by atoms with Gasteiger partial charge in [-0.2, -0.15) is 0 Å². The SMILES string of the molecule is Cl.O=C(CC1CCCN1)N1CCC(COc2ccccc2)CC1. The summed E-state index contributed by atoms with van der Waals surface area (Å²) in [7, 11) is 0. The topological polar surface area (TPSA) is 41.6 Å². The zero-order chi connectivity index (χ0) is 15.2. The number of rotatable bonds is 5. The van der Waals surface area contributed by atoms with Crippen molar-refractivity contribution in [1.82, 2.24) is 10.2 Å². The molecule has 0 radical (unpaired) electrons. The maximum Gasteiger partial charge on any atom is 0.224 e. The molecule has 128 valence electrons. The van der Waals surface area contributed by atoms with Gasteiger partial charge in [-0.15, -0.1) is 12.4 Å². The Morgan fingerprint density at radius 1 is 1.17 bits per heavy atom. The fraction of sp³-hybridized carbons (Fsp3) is 0.611. The van der Waals surface area contributed by atoms with Gasteiger partial charge in [-0.3, -0.25) is 4.79 Å². The molecule has 1 aromatic rings. The average Bonchev–Trinajstić information content (AvgIpc) is 3.07. The number of amides is 1. The average molecular weight is 339 g/mol. The number of ether oxygens (including phenoxy) is 1. The number of nitrogens with one attached hydrogen (secondary N) is 1. The third-order valence-electron chi connectivity index (χ3n) is 4.78. The molecule has 2 aliphatic heterocycles. The highest BCUT2D eigenvalue weighted by molar-refractivity contribution is 5.85. The summed E-state index contributed by atoms with van der Waals surface area (Å²) in [4.78, 5) is 14.3. The fourth-order valence-electron chi connectivity index (χ4n) is 3.35. The zero-order valence-electron chi connectivity index (χ0n) is 13.6. The number of piperidine rings is 1. The smallest absolute Gasteiger partial charge is 0.224 e. The Hall–Kier alpha value is -1.26. The molecule has 1 aromatic carbocycles. The maximum absolute atomic E-state index is 12.3. The van der Waals surface area contributed by atoms with Crippen LogP contribution in [0.1, 0.15) is 32.1 Å². The molecule has 2 heterocycles. The van der Waals surface area contributed by atoms with Crippen molar-refractivity contribution in [2.24, 2.45) is 5.92 Å². The third kappa shape index (κ3) is 5.40. The van der Waals surface area contributed by atoms with Crippen LogP contribution in [0.4, 0.5) is 0 Å². The largest absolute Gasteiger partial charge is 0.493 e. The Morgan fingerprint density at radius 2 is 1.91 bits per heavy atom. The fourth-order valence-corrected chi connectivity index (χ4v) is 3.35. The molecule has 23 heavy (non-hydrogen) atoms. The molecule has 4 nitrogen and oxygen atoms in total. The lowest BCUT2D eigenvalue weighted by molar-refractivity contribution is -0.133. The first-order valence-electron chi connectivity index (χ1n) is 8.50. The first-order valence-corrected chi connectivity index (χ1v) is 8.50. The molecule has 0 saturated carbocycles. The van der Waals surface area contributed by atoms with E-state index in [9.17, 15) is 4.79 Å². The minimum atomic E-state index is 0. The summed E-state index contributed by atoms with van der Waals surface area (Å²) in [5, 5.41) is 3.41. The van der Waals surface area contributed by atoms with Gasteiger partial charge in [0.05, 0.1) is 6.61 Å². The standard InChI is InChI=1S/C18H26N2O2.ClH/c21-18(13-16-5-4-10-19-16)20-11-8-15(9-12-20)14-22-17-6-2-1-3-7-17;/h1-3,6-7,15-16,19H,4-5,8-14H2;1H. The Balaban J connectivity index is 0.00000192. The highest BCUT2D eigenvalue weighted by Crippen LogP contribution is 2.21. The van der Waals surface area contributed by atoms with E-state index < -0.39 is 0 Å². The van der Waals surface area contributed by atoms with E-state index in [1.54, 1.807) is 0 Å². The molecule has 1 unspecified atom stereocenters. The van der Waals surface area contributed by atoms with Gasteiger partial charge in [-0.05, 0) is 50.3 Å². The van der Waals surface area contributed by atoms with Crippen molar-refractivity contribution in [2.75, 3.05) is 26.2 Å². The van der Waals surface area contributed by atoms with Crippen LogP contribution >= 0.6 is 12.4 Å². The van der Waals surface area contributed by atoms with Crippen LogP contribution in [0.15, 0.2) is 30.3 Å². The Labute approximate surface area is 145 Å². The van der Waals surface area contributed by atoms with Gasteiger partial charge in [0.15, 0.2) is 0 Å². The molecular weight excluding hydrogens is 312 g/mol. The van der Waals surface area contributed by atoms with Crippen LogP contribution < -0.4 is 10.1 Å². The second-order valence-electron chi connectivity index (χ2n) is 6.45. The Morgan fingerprint density at radius 3 is 2.57 bits per heavy atom. The summed E-state index contributed by atoms with van der Waals surface area (Å²) in [5.41, 5.74) is 0. The first-order chi connectivity index (χ1) is 10.8. The Bertz CT molecular complexity index is 469. The van der Waals surface area contributed by atoms with E-state index in [4.69, 9.17) is 4.74 Å². The van der Waals surface area contributed by atoms with Crippen LogP contribution in [0, 0.1) is 5.92 Å². The molecule has 1 amide bonds. The van der Waals surface area contributed by atoms with Gasteiger partial charge in [0.2, 0.25) is 5.91 Å². The van der Waals surface area contributed by atoms with Gasteiger partial charge in [0.1, 0.15) is 5.75 Å². The van der Waals surface area contributed by atoms with Crippen molar-refractivity contribution in [3.05, 3.63) is 30.3 Å². The summed E-state index contributed by atoms with van der Waals surface area (Å²) in [6.07, 6.45) is 5.13. The van der Waals surface area contributed by atoms with Crippen LogP contribution in [0.25, 0.3) is 0 Å². The molecule has 2 saturated heterocycles. The van der Waals surface area contributed by atoms with Gasteiger partial charge in [-0.1, -0.05) is 18.2 Å². The molecule has 1 atom stereocenters. The number of benzene rings is 1. The lowest BCUT2D eigenvalue weighted by Crippen LogP contribution is -2.41. The first kappa shape index (κ1) is 18.1. The summed E-state index contributed by atoms with van der Waals surface area (Å²) in [6, 6.07) is 10.4. The van der Waals surface area contributed by atoms with Crippen molar-refractivity contribution in [3.63, 3.8) is 0 Å². The Kier molecular flexibility index (Phi) is 7.18. The minimum Gasteiger partial charge on any atom is -0.493 e. The number of hydrogen-bond acceptors (Lipinski definition) is 3. The predicted octanol–water partition coefficient (Wildman–Crippen LogP) is 2.87. The van der Waals surface area contributed by atoms with Crippen molar-refractivity contribution in [3.8, 4) is 5.75 Å². The van der Waals surface area contributed by atoms with E-state index in [1.165, 1.54) is 6.42 Å². The predicted molar refractivity (Wildman–Crippen MR) is 94.1 cm³/mol. The van der Waals surface area contributed by atoms with Gasteiger partial charge >= 0.3 is 0 Å². The molecule has 0 aromatic heterocycles. The van der Waals surface area contributed by atoms with Crippen molar-refractivity contribution >= 4 is 18.3 Å². The van der Waals surface area contributed by atoms with Crippen LogP contribution in [0.5, 0.6) is 5.75 Å². The maximum atomic E-state index is 12.3. The monoisotopic (exact) mass is 338 g/mol. The number of nitrogens with zero attached hydrogens (tertiary/aromatic N) is 1. The molecule has 2 fully saturated rings. The van der Waals surface area contributed by atoms with E-state index in [1.807, 2.05) is 35.2 Å². The van der Waals surface area contributed by atoms with Gasteiger partial charge in [0, 0.05) is 25.6 Å². The second kappa shape index (κ2) is 9.14. The lowest BCUT2D eigenvalue weighted by Gasteiger charge is -2.32. The van der Waals surface area contributed by atoms with Gasteiger partial charge in [0.25, 0.3) is 0 Å². The van der Waals surface area contributed by atoms with Crippen molar-refractivity contribution < 1.29 is 9.53 Å². The summed E-state index contributed by atoms with van der Waals surface area (Å²) in [5.74, 6) is 1.82. The second-order valence-corrected chi connectivity index (χ2v) is 6.45. The number of carbonyl (C=O) groups is 1. The quantitative estimate of drug-likeness (QED) is 0.897. The number of likely N-dealkylation sites (tertiary alicyclic amines) is 1. The van der Waals surface area contributed by atoms with Crippen LogP contribution in [-0.2, 0) is 4.79 Å². The molecule has 0 spiro atoms. The number of carbonyl (C=O) groups excluding carboxylic acids is 1. The van der Waals surface area contributed by atoms with Crippen LogP contribution in [-0.4, -0.2) is 43.1 Å². The van der Waals surface area contributed by atoms with E-state index in [-0.39, 0.29) is 12.4 Å². The van der Waals surface area contributed by atoms with Crippen molar-refractivity contribution in [1.29, 1.82) is 0 Å². The van der Waals surface area contributed by atoms with E-state index in [2.05, 4.69) is 5.32 Å². The van der Waals surface area contributed by atoms with E-state index >= 15 is 0 Å². The number of halogens is 1. The molecule has 5 heteroatoms. The summed E-state index contributed by atoms with van der Waals surface area (Å²) < 4.78 is 5.84. The van der Waals surface area contributed by atoms with E-state index in [0.29, 0.717) is 24.3 Å². The van der Waals surface area contributed by atoms with Crippen LogP contribution in [0.2, 0.25) is 0 Å². The molecule has 1 N–H and O–H groups in total. The highest BCUT2D eigenvalue weighted by atomic mass is 35.5. The zero-order valence-corrected chi connectivity index (χ0v) is 14.4. The lowest BCUT2D eigenvalue weighted by atomic mass is 9.97. The molecular formula is C18H27ClN2O2. The van der Waals surface area contributed by atoms with Crippen LogP contribution in [0.3, 0.4) is 0 Å². The summed E-state index contributed by atoms with van der Waals surface area (Å²) in [6.45, 7) is 3.59. The molecule has 3 rings (SSSR count). The van der Waals surface area contributed by atoms with Gasteiger partial charge in [-0.25, -0.2) is 0 Å². The third-order valence-corrected chi connectivity index (χ3v) is 4.78. The highest BCUT2D eigenvalue weighted by Gasteiger charge is 2.26. The van der Waals surface area contributed by atoms with E-state index in [0.717, 1.165) is 51.3 Å². The molecule has 0 aliphatic carbocycles. The van der Waals surface area contributed by atoms with Gasteiger partial charge < -0.3 is 15.0 Å². The normalized spacial score (nSPS) is 21.7. The number of hydrogen-bond donors (Lipinski definition) is 1. The minimum absolute atomic E-state index is 0. The molecule has 0 bridgehead atoms.